The van der Waals surface area contributed by atoms with Gasteiger partial charge in [-0.15, -0.1) is 0 Å². The van der Waals surface area contributed by atoms with Gasteiger partial charge in [0.25, 0.3) is 20.0 Å². The van der Waals surface area contributed by atoms with Crippen LogP contribution in [0.25, 0.3) is 0 Å². The van der Waals surface area contributed by atoms with Crippen molar-refractivity contribution in [1.82, 2.24) is 39.7 Å². The number of urea groups is 2. The molecule has 0 bridgehead atoms. The molecule has 544 valence electrons. The first-order valence-electron chi connectivity index (χ1n) is 26.0. The van der Waals surface area contributed by atoms with Crippen LogP contribution in [0.4, 0.5) is 65.4 Å². The van der Waals surface area contributed by atoms with Crippen molar-refractivity contribution in [2.45, 2.75) is 68.2 Å². The lowest BCUT2D eigenvalue weighted by molar-refractivity contribution is -0.193. The van der Waals surface area contributed by atoms with E-state index in [0.717, 1.165) is 43.3 Å². The molecule has 4 amide bonds. The Bertz CT molecular complexity index is 4050. The Morgan fingerprint density at radius 1 is 0.697 bits per heavy atom. The molecule has 0 fully saturated rings. The Hall–Kier alpha value is -9.17. The molecule has 0 saturated heterocycles. The van der Waals surface area contributed by atoms with E-state index < -0.39 is 160 Å². The van der Waals surface area contributed by atoms with E-state index in [1.807, 2.05) is 5.32 Å². The summed E-state index contributed by atoms with van der Waals surface area (Å²) in [4.78, 5) is 102. The van der Waals surface area contributed by atoms with E-state index in [-0.39, 0.29) is 50.5 Å². The number of aromatic carboxylic acids is 1. The number of benzene rings is 4. The summed E-state index contributed by atoms with van der Waals surface area (Å²) in [5.41, 5.74) is -1.83. The van der Waals surface area contributed by atoms with Gasteiger partial charge in [0.1, 0.15) is 29.8 Å². The van der Waals surface area contributed by atoms with E-state index in [9.17, 15) is 99.0 Å². The molecule has 31 nitrogen and oxygen atoms in total. The third kappa shape index (κ3) is 33.3. The Balaban J connectivity index is 0.000000460. The van der Waals surface area contributed by atoms with Gasteiger partial charge in [-0.25, -0.2) is 50.3 Å². The van der Waals surface area contributed by atoms with Crippen LogP contribution in [0.2, 0.25) is 10.0 Å². The van der Waals surface area contributed by atoms with Gasteiger partial charge in [0, 0.05) is 6.42 Å². The first kappa shape index (κ1) is 85.9. The minimum Gasteiger partial charge on any atom is -0.778 e. The van der Waals surface area contributed by atoms with Crippen molar-refractivity contribution >= 4 is 110 Å². The number of amides is 4. The molecule has 99 heavy (non-hydrogen) atoms. The quantitative estimate of drug-likeness (QED) is 0.0126. The van der Waals surface area contributed by atoms with Gasteiger partial charge >= 0.3 is 67.5 Å². The number of carboxylic acids is 3. The normalized spacial score (nSPS) is 12.1. The number of nitrogens with zero attached hydrogens (tertiary/aromatic N) is 5. The Morgan fingerprint density at radius 2 is 1.21 bits per heavy atom. The maximum atomic E-state index is 12.7. The van der Waals surface area contributed by atoms with Gasteiger partial charge in [-0.3, -0.25) is 20.7 Å². The smallest absolute Gasteiger partial charge is 0.416 e. The predicted octanol–water partition coefficient (Wildman–Crippen LogP) is 8.17. The van der Waals surface area contributed by atoms with Gasteiger partial charge in [-0.1, -0.05) is 53.5 Å². The number of nitrogens with one attached hydrogen (secondary N) is 5. The van der Waals surface area contributed by atoms with Crippen LogP contribution in [-0.4, -0.2) is 162 Å². The van der Waals surface area contributed by atoms with Gasteiger partial charge in [0.2, 0.25) is 23.7 Å². The van der Waals surface area contributed by atoms with E-state index in [0.29, 0.717) is 23.0 Å². The molecule has 4 aromatic carbocycles. The summed E-state index contributed by atoms with van der Waals surface area (Å²) in [7, 11) is -11.6. The van der Waals surface area contributed by atoms with E-state index in [4.69, 9.17) is 57.6 Å². The Morgan fingerprint density at radius 3 is 1.69 bits per heavy atom. The fraction of sp³-hybridized carbons (Fsp3) is 0.288. The second-order valence-corrected chi connectivity index (χ2v) is 26.7. The number of anilines is 2. The zero-order valence-electron chi connectivity index (χ0n) is 50.9. The SMILES string of the molecule is COc1nc(C)nc(NC(=O)NS(=O)(=O)c2ccccc2CCC(F)(F)F)n1.C[C@H](OC(=O)c1cc(Oc2ccc(C(F)(F)F)cc2Cl)ccc1Cl)C(=O)O.C[S+](C)C.O=C(Nc1nc(OC(F)F)cc(OC(F)F)n1)NS(=O)(=O)c1ccccc1C(=O)O.O=C(O)CNCP(=O)([O-])O. The Kier molecular flexibility index (Phi) is 33.7. The molecular formula is C52H53Cl2F10N10O21PS3. The number of hydrogen-bond acceptors (Lipinski definition) is 23. The molecule has 0 spiro atoms. The first-order chi connectivity index (χ1) is 45.6. The van der Waals surface area contributed by atoms with Crippen LogP contribution in [0.3, 0.4) is 0 Å². The highest BCUT2D eigenvalue weighted by Gasteiger charge is 2.32. The number of carbonyl (C=O) groups excluding carboxylic acids is 3. The number of alkyl halides is 10. The number of rotatable bonds is 23. The summed E-state index contributed by atoms with van der Waals surface area (Å²) in [6, 6.07) is 13.4. The first-order valence-corrected chi connectivity index (χ1v) is 34.0. The predicted molar refractivity (Wildman–Crippen MR) is 325 cm³/mol. The van der Waals surface area contributed by atoms with Gasteiger partial charge in [-0.2, -0.15) is 68.8 Å². The van der Waals surface area contributed by atoms with Crippen LogP contribution >= 0.6 is 30.8 Å². The summed E-state index contributed by atoms with van der Waals surface area (Å²) in [6.07, 6.45) is -6.28. The topological polar surface area (TPSA) is 462 Å². The molecule has 0 aliphatic carbocycles. The van der Waals surface area contributed by atoms with Crippen molar-refractivity contribution in [1.29, 1.82) is 0 Å². The highest BCUT2D eigenvalue weighted by Crippen LogP contribution is 2.37. The van der Waals surface area contributed by atoms with Crippen LogP contribution < -0.4 is 49.2 Å². The van der Waals surface area contributed by atoms with Crippen LogP contribution in [0, 0.1) is 6.92 Å². The molecule has 2 atom stereocenters. The molecule has 0 radical (unpaired) electrons. The maximum absolute atomic E-state index is 12.7. The number of aryl methyl sites for hydroxylation is 2. The number of carboxylic acid groups (broad SMARTS) is 3. The molecule has 0 aliphatic rings. The zero-order valence-corrected chi connectivity index (χ0v) is 55.7. The van der Waals surface area contributed by atoms with Crippen molar-refractivity contribution in [3.8, 4) is 29.3 Å². The number of aliphatic carboxylic acids is 2. The molecule has 1 unspecified atom stereocenters. The second-order valence-electron chi connectivity index (χ2n) is 18.6. The lowest BCUT2D eigenvalue weighted by atomic mass is 10.1. The summed E-state index contributed by atoms with van der Waals surface area (Å²) in [6.45, 7) is -4.63. The fourth-order valence-electron chi connectivity index (χ4n) is 6.29. The third-order valence-corrected chi connectivity index (χ3v) is 14.2. The summed E-state index contributed by atoms with van der Waals surface area (Å²) in [5, 5.41) is 31.3. The lowest BCUT2D eigenvalue weighted by Crippen LogP contribution is -2.35. The lowest BCUT2D eigenvalue weighted by Gasteiger charge is -2.14. The van der Waals surface area contributed by atoms with Crippen LogP contribution in [0.1, 0.15) is 51.0 Å². The van der Waals surface area contributed by atoms with E-state index in [2.05, 4.69) is 58.5 Å². The number of sulfonamides is 2. The molecule has 2 aromatic heterocycles. The zero-order chi connectivity index (χ0) is 75.6. The maximum Gasteiger partial charge on any atom is 0.416 e. The number of esters is 1. The minimum absolute atomic E-state index is 0.0246. The van der Waals surface area contributed by atoms with Gasteiger partial charge in [-0.05, 0) is 91.3 Å². The third-order valence-electron chi connectivity index (χ3n) is 10.1. The van der Waals surface area contributed by atoms with Crippen LogP contribution in [0.5, 0.6) is 29.3 Å². The summed E-state index contributed by atoms with van der Waals surface area (Å²) >= 11 is 11.7. The monoisotopic (exact) mass is 1540 g/mol. The molecule has 6 rings (SSSR count). The van der Waals surface area contributed by atoms with Crippen molar-refractivity contribution in [2.24, 2.45) is 0 Å². The highest BCUT2D eigenvalue weighted by molar-refractivity contribution is 7.94. The average molecular weight is 1540 g/mol. The number of halogens is 12. The average Bonchev–Trinajstić information content (AvgIpc) is 0.821. The van der Waals surface area contributed by atoms with Crippen molar-refractivity contribution in [3.05, 3.63) is 129 Å². The van der Waals surface area contributed by atoms with Crippen molar-refractivity contribution in [2.75, 3.05) is 49.3 Å². The number of ether oxygens (including phenoxy) is 5. The molecule has 2 heterocycles. The van der Waals surface area contributed by atoms with Crippen LogP contribution in [-0.2, 0) is 62.4 Å². The highest BCUT2D eigenvalue weighted by atomic mass is 35.5. The fourth-order valence-corrected chi connectivity index (χ4v) is 9.39. The van der Waals surface area contributed by atoms with Gasteiger partial charge < -0.3 is 53.4 Å². The standard InChI is InChI=1S/C17H11Cl2F3O5.C15H16F3N5O4S.C14H10F4N4O7S.C3H8NO5P.C3H9S/c1-8(15(23)24)26-16(25)11-7-10(3-4-12(11)18)27-14-5-2-9(6-13(14)19)17(20,21)22;1-9-19-12(22-14(20-9)27-2)21-13(24)23-28(25,26)11-6-4-3-5-10(11)7-8-15(16,17)18;15-11(16)28-8-5-9(29-12(17)18)20-13(19-8)21-14(25)22-30(26,27)7-4-2-1-3-6(7)10(23)24;5-3(6)1-4-2-10(7,8)9;1-4(2)3/h2-8H,1H3,(H,23,24);3-6H,7-8H2,1-2H3,(H2,19,20,21,22,23,24);1-5,11-12H,(H,23,24)(H2,19,20,21,22,25);4H,1-2H2,(H,5,6)(H2,7,8,9);1-3H3/q;;;;+1/p-1/t8-;;;;/m0..../s1. The molecule has 9 N–H and O–H groups in total. The summed E-state index contributed by atoms with van der Waals surface area (Å²) < 4.78 is 210. The largest absolute Gasteiger partial charge is 0.778 e. The van der Waals surface area contributed by atoms with E-state index in [1.165, 1.54) is 61.2 Å². The second kappa shape index (κ2) is 38.8. The Labute approximate surface area is 565 Å². The molecular weight excluding hydrogens is 1490 g/mol. The number of hydrogen-bond donors (Lipinski definition) is 9. The number of carbonyl (C=O) groups is 6. The molecule has 0 saturated carbocycles. The number of methoxy groups -OCH3 is 1. The molecule has 0 aliphatic heterocycles. The van der Waals surface area contributed by atoms with Gasteiger partial charge in [0.05, 0.1) is 76.4 Å². The van der Waals surface area contributed by atoms with E-state index in [1.54, 1.807) is 10.0 Å². The van der Waals surface area contributed by atoms with Crippen molar-refractivity contribution < 1.29 is 143 Å². The molecule has 6 aromatic rings. The van der Waals surface area contributed by atoms with Gasteiger partial charge in [0.15, 0.2) is 6.10 Å². The summed E-state index contributed by atoms with van der Waals surface area (Å²) in [5.74, 6) is -8.06. The minimum atomic E-state index is -4.71. The van der Waals surface area contributed by atoms with E-state index >= 15 is 0 Å². The molecule has 47 heteroatoms. The van der Waals surface area contributed by atoms with Crippen LogP contribution in [0.15, 0.2) is 101 Å². The van der Waals surface area contributed by atoms with Crippen molar-refractivity contribution in [3.63, 3.8) is 0 Å². The number of aromatic nitrogens is 5.